The van der Waals surface area contributed by atoms with E-state index in [1.165, 1.54) is 0 Å². The van der Waals surface area contributed by atoms with E-state index in [0.29, 0.717) is 6.07 Å². The SMILES string of the molecule is CCOC(=O)CC#Cc1cc([N+](=O)[O-])c(O)cc1F. The Kier molecular flexibility index (Phi) is 4.83. The van der Waals surface area contributed by atoms with Crippen LogP contribution in [-0.2, 0) is 9.53 Å². The summed E-state index contributed by atoms with van der Waals surface area (Å²) in [6, 6.07) is 1.41. The van der Waals surface area contributed by atoms with Gasteiger partial charge in [0.2, 0.25) is 0 Å². The highest BCUT2D eigenvalue weighted by Gasteiger charge is 2.16. The van der Waals surface area contributed by atoms with Gasteiger partial charge in [0.1, 0.15) is 12.2 Å². The van der Waals surface area contributed by atoms with Crippen LogP contribution in [0.1, 0.15) is 18.9 Å². The van der Waals surface area contributed by atoms with E-state index in [0.717, 1.165) is 6.07 Å². The number of hydrogen-bond donors (Lipinski definition) is 1. The molecule has 0 heterocycles. The maximum atomic E-state index is 13.4. The van der Waals surface area contributed by atoms with E-state index < -0.39 is 28.1 Å². The van der Waals surface area contributed by atoms with Crippen molar-refractivity contribution in [1.82, 2.24) is 0 Å². The molecule has 0 aromatic heterocycles. The largest absolute Gasteiger partial charge is 0.502 e. The summed E-state index contributed by atoms with van der Waals surface area (Å²) in [5, 5.41) is 19.7. The van der Waals surface area contributed by atoms with Crippen LogP contribution >= 0.6 is 0 Å². The van der Waals surface area contributed by atoms with Crippen LogP contribution in [0, 0.1) is 27.8 Å². The normalized spacial score (nSPS) is 9.37. The molecule has 0 saturated heterocycles. The number of halogens is 1. The molecule has 19 heavy (non-hydrogen) atoms. The van der Waals surface area contributed by atoms with E-state index in [9.17, 15) is 19.3 Å². The van der Waals surface area contributed by atoms with Gasteiger partial charge in [-0.15, -0.1) is 0 Å². The molecule has 0 amide bonds. The molecule has 1 N–H and O–H groups in total. The van der Waals surface area contributed by atoms with Gasteiger partial charge in [-0.1, -0.05) is 11.8 Å². The van der Waals surface area contributed by atoms with Crippen molar-refractivity contribution < 1.29 is 24.0 Å². The van der Waals surface area contributed by atoms with Crippen molar-refractivity contribution >= 4 is 11.7 Å². The minimum Gasteiger partial charge on any atom is -0.502 e. The lowest BCUT2D eigenvalue weighted by molar-refractivity contribution is -0.385. The number of phenolic OH excluding ortho intramolecular Hbond substituents is 1. The molecule has 0 saturated carbocycles. The summed E-state index contributed by atoms with van der Waals surface area (Å²) in [5.74, 6) is 2.38. The highest BCUT2D eigenvalue weighted by molar-refractivity contribution is 5.72. The number of nitro groups is 1. The van der Waals surface area contributed by atoms with E-state index in [2.05, 4.69) is 16.6 Å². The summed E-state index contributed by atoms with van der Waals surface area (Å²) < 4.78 is 18.0. The lowest BCUT2D eigenvalue weighted by atomic mass is 10.1. The first-order valence-electron chi connectivity index (χ1n) is 5.27. The van der Waals surface area contributed by atoms with Crippen molar-refractivity contribution in [2.24, 2.45) is 0 Å². The Morgan fingerprint density at radius 1 is 1.58 bits per heavy atom. The van der Waals surface area contributed by atoms with Crippen molar-refractivity contribution in [3.63, 3.8) is 0 Å². The third kappa shape index (κ3) is 3.96. The lowest BCUT2D eigenvalue weighted by Crippen LogP contribution is -2.01. The molecule has 0 bridgehead atoms. The van der Waals surface area contributed by atoms with E-state index in [-0.39, 0.29) is 18.6 Å². The van der Waals surface area contributed by atoms with Crippen LogP contribution in [-0.4, -0.2) is 22.6 Å². The number of esters is 1. The summed E-state index contributed by atoms with van der Waals surface area (Å²) in [7, 11) is 0. The predicted molar refractivity (Wildman–Crippen MR) is 62.8 cm³/mol. The zero-order valence-corrected chi connectivity index (χ0v) is 9.97. The summed E-state index contributed by atoms with van der Waals surface area (Å²) >= 11 is 0. The Hall–Kier alpha value is -2.62. The number of carbonyl (C=O) groups excluding carboxylic acids is 1. The van der Waals surface area contributed by atoms with Gasteiger partial charge in [0.05, 0.1) is 17.1 Å². The molecule has 0 atom stereocenters. The highest BCUT2D eigenvalue weighted by Crippen LogP contribution is 2.28. The number of rotatable bonds is 3. The first-order chi connectivity index (χ1) is 8.95. The Balaban J connectivity index is 2.96. The van der Waals surface area contributed by atoms with E-state index in [4.69, 9.17) is 5.11 Å². The van der Waals surface area contributed by atoms with Crippen molar-refractivity contribution in [1.29, 1.82) is 0 Å². The molecule has 1 aromatic rings. The Morgan fingerprint density at radius 3 is 2.84 bits per heavy atom. The molecule has 1 rings (SSSR count). The number of ether oxygens (including phenoxy) is 1. The molecule has 6 nitrogen and oxygen atoms in total. The number of aromatic hydroxyl groups is 1. The van der Waals surface area contributed by atoms with Crippen LogP contribution in [0.2, 0.25) is 0 Å². The quantitative estimate of drug-likeness (QED) is 0.390. The summed E-state index contributed by atoms with van der Waals surface area (Å²) in [4.78, 5) is 20.7. The van der Waals surface area contributed by atoms with Crippen LogP contribution in [0.15, 0.2) is 12.1 Å². The molecule has 1 aromatic carbocycles. The van der Waals surface area contributed by atoms with Crippen LogP contribution in [0.4, 0.5) is 10.1 Å². The molecule has 0 aliphatic carbocycles. The second-order valence-electron chi connectivity index (χ2n) is 3.36. The monoisotopic (exact) mass is 267 g/mol. The van der Waals surface area contributed by atoms with Gasteiger partial charge >= 0.3 is 11.7 Å². The smallest absolute Gasteiger partial charge is 0.317 e. The van der Waals surface area contributed by atoms with Crippen molar-refractivity contribution in [2.45, 2.75) is 13.3 Å². The van der Waals surface area contributed by atoms with Crippen molar-refractivity contribution in [2.75, 3.05) is 6.61 Å². The zero-order chi connectivity index (χ0) is 14.4. The first kappa shape index (κ1) is 14.4. The van der Waals surface area contributed by atoms with Crippen LogP contribution in [0.25, 0.3) is 0 Å². The van der Waals surface area contributed by atoms with Gasteiger partial charge in [-0.2, -0.15) is 0 Å². The topological polar surface area (TPSA) is 89.7 Å². The third-order valence-corrected chi connectivity index (χ3v) is 2.02. The molecule has 0 unspecified atom stereocenters. The number of carbonyl (C=O) groups is 1. The molecule has 100 valence electrons. The van der Waals surface area contributed by atoms with Gasteiger partial charge in [-0.05, 0) is 6.92 Å². The number of phenols is 1. The zero-order valence-electron chi connectivity index (χ0n) is 9.97. The highest BCUT2D eigenvalue weighted by atomic mass is 19.1. The second kappa shape index (κ2) is 6.35. The summed E-state index contributed by atoms with van der Waals surface area (Å²) in [6.45, 7) is 1.84. The minimum atomic E-state index is -0.903. The summed E-state index contributed by atoms with van der Waals surface area (Å²) in [6.07, 6.45) is -0.248. The number of benzene rings is 1. The van der Waals surface area contributed by atoms with Gasteiger partial charge in [0, 0.05) is 12.1 Å². The average molecular weight is 267 g/mol. The van der Waals surface area contributed by atoms with E-state index in [1.54, 1.807) is 6.92 Å². The standard InChI is InChI=1S/C12H10FNO5/c1-2-19-12(16)5-3-4-8-6-10(14(17)18)11(15)7-9(8)13/h6-7,15H,2,5H2,1H3. The van der Waals surface area contributed by atoms with Gasteiger partial charge in [-0.3, -0.25) is 14.9 Å². The van der Waals surface area contributed by atoms with Crippen molar-refractivity contribution in [3.05, 3.63) is 33.6 Å². The maximum Gasteiger partial charge on any atom is 0.317 e. The molecule has 7 heteroatoms. The van der Waals surface area contributed by atoms with E-state index in [1.807, 2.05) is 0 Å². The minimum absolute atomic E-state index is 0.208. The fourth-order valence-corrected chi connectivity index (χ4v) is 1.22. The second-order valence-corrected chi connectivity index (χ2v) is 3.36. The molecular formula is C12H10FNO5. The predicted octanol–water partition coefficient (Wildman–Crippen LogP) is 1.74. The number of nitro benzene ring substituents is 1. The maximum absolute atomic E-state index is 13.4. The molecule has 0 fully saturated rings. The van der Waals surface area contributed by atoms with Gasteiger partial charge < -0.3 is 9.84 Å². The third-order valence-electron chi connectivity index (χ3n) is 2.02. The van der Waals surface area contributed by atoms with Crippen molar-refractivity contribution in [3.8, 4) is 17.6 Å². The molecular weight excluding hydrogens is 257 g/mol. The van der Waals surface area contributed by atoms with Crippen LogP contribution in [0.5, 0.6) is 5.75 Å². The Bertz CT molecular complexity index is 573. The van der Waals surface area contributed by atoms with E-state index >= 15 is 0 Å². The first-order valence-corrected chi connectivity index (χ1v) is 5.27. The van der Waals surface area contributed by atoms with Gasteiger partial charge in [-0.25, -0.2) is 4.39 Å². The number of hydrogen-bond acceptors (Lipinski definition) is 5. The number of nitrogens with zero attached hydrogens (tertiary/aromatic N) is 1. The lowest BCUT2D eigenvalue weighted by Gasteiger charge is -1.98. The van der Waals surface area contributed by atoms with Gasteiger partial charge in [0.25, 0.3) is 0 Å². The fraction of sp³-hybridized carbons (Fsp3) is 0.250. The molecule has 0 radical (unpaired) electrons. The fourth-order valence-electron chi connectivity index (χ4n) is 1.22. The van der Waals surface area contributed by atoms with Crippen LogP contribution in [0.3, 0.4) is 0 Å². The Labute approximate surface area is 108 Å². The average Bonchev–Trinajstić information content (AvgIpc) is 2.31. The van der Waals surface area contributed by atoms with Crippen LogP contribution < -0.4 is 0 Å². The summed E-state index contributed by atoms with van der Waals surface area (Å²) in [5.41, 5.74) is -0.921. The Morgan fingerprint density at radius 2 is 2.26 bits per heavy atom. The molecule has 0 aliphatic rings. The molecule has 0 aliphatic heterocycles. The molecule has 0 spiro atoms. The van der Waals surface area contributed by atoms with Gasteiger partial charge in [0.15, 0.2) is 5.75 Å².